The molecule has 0 aliphatic heterocycles. The molecule has 8 nitrogen and oxygen atoms in total. The van der Waals surface area contributed by atoms with Crippen molar-refractivity contribution in [3.8, 4) is 11.3 Å². The molecule has 1 aliphatic carbocycles. The minimum atomic E-state index is 0.217. The Bertz CT molecular complexity index is 988. The monoisotopic (exact) mass is 376 g/mol. The summed E-state index contributed by atoms with van der Waals surface area (Å²) in [7, 11) is 0. The van der Waals surface area contributed by atoms with Crippen molar-refractivity contribution in [1.29, 1.82) is 0 Å². The average Bonchev–Trinajstić information content (AvgIpc) is 2.83. The van der Waals surface area contributed by atoms with Gasteiger partial charge in [0.15, 0.2) is 0 Å². The molecule has 2 aromatic heterocycles. The Labute approximate surface area is 163 Å². The molecule has 2 heterocycles. The molecule has 0 saturated heterocycles. The van der Waals surface area contributed by atoms with Gasteiger partial charge in [0.1, 0.15) is 11.6 Å². The lowest BCUT2D eigenvalue weighted by Gasteiger charge is -2.19. The average molecular weight is 376 g/mol. The molecule has 28 heavy (non-hydrogen) atoms. The van der Waals surface area contributed by atoms with Gasteiger partial charge in [-0.1, -0.05) is 24.3 Å². The second-order valence-electron chi connectivity index (χ2n) is 6.99. The standard InChI is InChI=1S/C20H24N8/c21-18-16-13(5-3-10-24-15-9-11-25-19(22)26-15)8-7-12-4-1-2-6-14(12)17(16)27-20(23)28-18/h1-2,4,6,9,11,13H,3,5,7-8,10H2,(H4,21,23,27,28)(H3,22,24,25,26). The van der Waals surface area contributed by atoms with E-state index in [4.69, 9.17) is 17.2 Å². The van der Waals surface area contributed by atoms with Gasteiger partial charge in [0, 0.05) is 23.9 Å². The number of hydrogen-bond donors (Lipinski definition) is 4. The Morgan fingerprint density at radius 2 is 1.86 bits per heavy atom. The number of hydrogen-bond acceptors (Lipinski definition) is 8. The predicted octanol–water partition coefficient (Wildman–Crippen LogP) is 2.60. The molecule has 8 heteroatoms. The number of nitrogen functional groups attached to an aromatic ring is 3. The molecular weight excluding hydrogens is 352 g/mol. The van der Waals surface area contributed by atoms with E-state index in [1.54, 1.807) is 6.20 Å². The second kappa shape index (κ2) is 7.67. The Kier molecular flexibility index (Phi) is 4.92. The van der Waals surface area contributed by atoms with Gasteiger partial charge in [-0.05, 0) is 43.2 Å². The lowest BCUT2D eigenvalue weighted by atomic mass is 9.90. The van der Waals surface area contributed by atoms with Crippen LogP contribution in [0.2, 0.25) is 0 Å². The van der Waals surface area contributed by atoms with Crippen molar-refractivity contribution >= 4 is 23.5 Å². The maximum Gasteiger partial charge on any atom is 0.222 e. The highest BCUT2D eigenvalue weighted by Gasteiger charge is 2.26. The van der Waals surface area contributed by atoms with Crippen LogP contribution in [0.3, 0.4) is 0 Å². The van der Waals surface area contributed by atoms with Crippen LogP contribution in [0.4, 0.5) is 23.5 Å². The molecule has 0 amide bonds. The third-order valence-electron chi connectivity index (χ3n) is 5.14. The van der Waals surface area contributed by atoms with Gasteiger partial charge in [-0.15, -0.1) is 0 Å². The van der Waals surface area contributed by atoms with Crippen molar-refractivity contribution in [2.45, 2.75) is 31.6 Å². The molecule has 0 saturated carbocycles. The number of fused-ring (bicyclic) bond motifs is 3. The van der Waals surface area contributed by atoms with E-state index in [0.717, 1.165) is 54.9 Å². The number of aromatic nitrogens is 4. The van der Waals surface area contributed by atoms with Crippen LogP contribution in [-0.4, -0.2) is 26.5 Å². The van der Waals surface area contributed by atoms with E-state index in [-0.39, 0.29) is 17.8 Å². The molecule has 1 aliphatic rings. The highest BCUT2D eigenvalue weighted by atomic mass is 15.1. The Balaban J connectivity index is 1.53. The quantitative estimate of drug-likeness (QED) is 0.498. The maximum atomic E-state index is 6.29. The van der Waals surface area contributed by atoms with Gasteiger partial charge in [0.2, 0.25) is 11.9 Å². The van der Waals surface area contributed by atoms with Crippen LogP contribution in [0.1, 0.15) is 36.3 Å². The summed E-state index contributed by atoms with van der Waals surface area (Å²) in [6.07, 6.45) is 5.54. The zero-order valence-corrected chi connectivity index (χ0v) is 15.6. The number of nitrogens with two attached hydrogens (primary N) is 3. The zero-order valence-electron chi connectivity index (χ0n) is 15.6. The van der Waals surface area contributed by atoms with E-state index in [1.165, 1.54) is 5.56 Å². The molecule has 0 radical (unpaired) electrons. The number of rotatable bonds is 5. The summed E-state index contributed by atoms with van der Waals surface area (Å²) in [6, 6.07) is 10.1. The van der Waals surface area contributed by atoms with Crippen LogP contribution in [0, 0.1) is 0 Å². The lowest BCUT2D eigenvalue weighted by Crippen LogP contribution is -2.12. The fourth-order valence-corrected chi connectivity index (χ4v) is 3.88. The molecule has 0 fully saturated rings. The minimum Gasteiger partial charge on any atom is -0.383 e. The highest BCUT2D eigenvalue weighted by molar-refractivity contribution is 5.73. The molecule has 1 atom stereocenters. The number of nitrogens with one attached hydrogen (secondary N) is 1. The molecule has 7 N–H and O–H groups in total. The summed E-state index contributed by atoms with van der Waals surface area (Å²) in [5.41, 5.74) is 22.1. The molecule has 1 unspecified atom stereocenters. The van der Waals surface area contributed by atoms with E-state index < -0.39 is 0 Å². The molecule has 0 bridgehead atoms. The Hall–Kier alpha value is -3.42. The Morgan fingerprint density at radius 3 is 2.71 bits per heavy atom. The lowest BCUT2D eigenvalue weighted by molar-refractivity contribution is 0.566. The van der Waals surface area contributed by atoms with Gasteiger partial charge < -0.3 is 22.5 Å². The molecule has 3 aromatic rings. The number of anilines is 4. The van der Waals surface area contributed by atoms with Crippen molar-refractivity contribution in [2.75, 3.05) is 29.1 Å². The SMILES string of the molecule is Nc1nccc(NCCCC2CCc3ccccc3-c3nc(N)nc(N)c32)n1. The van der Waals surface area contributed by atoms with Crippen molar-refractivity contribution < 1.29 is 0 Å². The first-order valence-electron chi connectivity index (χ1n) is 9.45. The van der Waals surface area contributed by atoms with Gasteiger partial charge in [0.25, 0.3) is 0 Å². The van der Waals surface area contributed by atoms with Crippen LogP contribution in [0.25, 0.3) is 11.3 Å². The van der Waals surface area contributed by atoms with E-state index in [1.807, 2.05) is 12.1 Å². The smallest absolute Gasteiger partial charge is 0.222 e. The zero-order chi connectivity index (χ0) is 19.5. The number of benzene rings is 1. The normalized spacial score (nSPS) is 15.4. The topological polar surface area (TPSA) is 142 Å². The fourth-order valence-electron chi connectivity index (χ4n) is 3.88. The largest absolute Gasteiger partial charge is 0.383 e. The Morgan fingerprint density at radius 1 is 1.00 bits per heavy atom. The van der Waals surface area contributed by atoms with Gasteiger partial charge in [-0.25, -0.2) is 9.97 Å². The summed E-state index contributed by atoms with van der Waals surface area (Å²) >= 11 is 0. The third-order valence-corrected chi connectivity index (χ3v) is 5.14. The second-order valence-corrected chi connectivity index (χ2v) is 6.99. The molecular formula is C20H24N8. The number of nitrogens with zero attached hydrogens (tertiary/aromatic N) is 4. The van der Waals surface area contributed by atoms with E-state index >= 15 is 0 Å². The van der Waals surface area contributed by atoms with Crippen LogP contribution in [0.5, 0.6) is 0 Å². The first kappa shape index (κ1) is 18.0. The summed E-state index contributed by atoms with van der Waals surface area (Å²) in [5, 5.41) is 3.29. The van der Waals surface area contributed by atoms with Crippen molar-refractivity contribution in [3.05, 3.63) is 47.7 Å². The van der Waals surface area contributed by atoms with E-state index in [0.29, 0.717) is 5.82 Å². The minimum absolute atomic E-state index is 0.217. The van der Waals surface area contributed by atoms with Crippen LogP contribution < -0.4 is 22.5 Å². The predicted molar refractivity (Wildman–Crippen MR) is 112 cm³/mol. The summed E-state index contributed by atoms with van der Waals surface area (Å²) in [4.78, 5) is 16.9. The van der Waals surface area contributed by atoms with Crippen molar-refractivity contribution in [3.63, 3.8) is 0 Å². The fraction of sp³-hybridized carbons (Fsp3) is 0.300. The number of aryl methyl sites for hydroxylation is 1. The first-order chi connectivity index (χ1) is 13.6. The molecule has 0 spiro atoms. The van der Waals surface area contributed by atoms with Crippen molar-refractivity contribution in [2.24, 2.45) is 0 Å². The first-order valence-corrected chi connectivity index (χ1v) is 9.45. The third kappa shape index (κ3) is 3.66. The highest BCUT2D eigenvalue weighted by Crippen LogP contribution is 2.41. The van der Waals surface area contributed by atoms with Crippen LogP contribution >= 0.6 is 0 Å². The van der Waals surface area contributed by atoms with Gasteiger partial charge in [-0.2, -0.15) is 9.97 Å². The van der Waals surface area contributed by atoms with Gasteiger partial charge in [0.05, 0.1) is 5.69 Å². The molecule has 1 aromatic carbocycles. The van der Waals surface area contributed by atoms with Crippen molar-refractivity contribution in [1.82, 2.24) is 19.9 Å². The van der Waals surface area contributed by atoms with Gasteiger partial charge in [-0.3, -0.25) is 0 Å². The van der Waals surface area contributed by atoms with Crippen LogP contribution in [0.15, 0.2) is 36.5 Å². The van der Waals surface area contributed by atoms with Crippen LogP contribution in [-0.2, 0) is 6.42 Å². The summed E-state index contributed by atoms with van der Waals surface area (Å²) in [6.45, 7) is 0.783. The molecule has 144 valence electrons. The molecule has 4 rings (SSSR count). The maximum absolute atomic E-state index is 6.29. The summed E-state index contributed by atoms with van der Waals surface area (Å²) in [5.74, 6) is 1.98. The van der Waals surface area contributed by atoms with Gasteiger partial charge >= 0.3 is 0 Å². The summed E-state index contributed by atoms with van der Waals surface area (Å²) < 4.78 is 0. The van der Waals surface area contributed by atoms with E-state index in [2.05, 4.69) is 43.5 Å². The van der Waals surface area contributed by atoms with E-state index in [9.17, 15) is 0 Å².